The van der Waals surface area contributed by atoms with Crippen molar-refractivity contribution in [2.45, 2.75) is 13.5 Å². The molecule has 1 aromatic heterocycles. The van der Waals surface area contributed by atoms with E-state index in [1.54, 1.807) is 13.1 Å². The molecule has 126 valence electrons. The summed E-state index contributed by atoms with van der Waals surface area (Å²) >= 11 is 0. The van der Waals surface area contributed by atoms with Crippen LogP contribution in [0.1, 0.15) is 16.8 Å². The van der Waals surface area contributed by atoms with Crippen molar-refractivity contribution in [1.82, 2.24) is 15.2 Å². The molecule has 0 spiro atoms. The third-order valence-electron chi connectivity index (χ3n) is 3.43. The number of nitrogens with one attached hydrogen (secondary N) is 2. The van der Waals surface area contributed by atoms with Gasteiger partial charge in [0.15, 0.2) is 0 Å². The van der Waals surface area contributed by atoms with Gasteiger partial charge in [0.1, 0.15) is 18.1 Å². The van der Waals surface area contributed by atoms with Crippen LogP contribution in [0.3, 0.4) is 0 Å². The Morgan fingerprint density at radius 3 is 2.68 bits per heavy atom. The molecule has 0 saturated carbocycles. The van der Waals surface area contributed by atoms with Crippen LogP contribution in [0, 0.1) is 6.92 Å². The number of H-pyrrole nitrogens is 1. The standard InChI is InChI=1S/C18H17N5O2/c1-13-17(24)20-18(23-21-13)22-19-11-14-7-5-6-8-15(14)12-25-16-9-3-2-4-10-16/h2-11H,12H2,1H3,(H2,20,22,23,24)/b19-11+. The van der Waals surface area contributed by atoms with Crippen LogP contribution >= 0.6 is 0 Å². The van der Waals surface area contributed by atoms with Crippen LogP contribution in [0.2, 0.25) is 0 Å². The highest BCUT2D eigenvalue weighted by Crippen LogP contribution is 2.13. The number of hydrogen-bond donors (Lipinski definition) is 2. The molecule has 2 aromatic carbocycles. The third-order valence-corrected chi connectivity index (χ3v) is 3.43. The Balaban J connectivity index is 1.67. The fourth-order valence-corrected chi connectivity index (χ4v) is 2.08. The number of rotatable bonds is 6. The molecule has 0 unspecified atom stereocenters. The van der Waals surface area contributed by atoms with Crippen molar-refractivity contribution in [1.29, 1.82) is 0 Å². The lowest BCUT2D eigenvalue weighted by Crippen LogP contribution is -2.15. The van der Waals surface area contributed by atoms with Gasteiger partial charge in [0, 0.05) is 5.56 Å². The second kappa shape index (κ2) is 7.87. The number of hydrogen-bond acceptors (Lipinski definition) is 6. The summed E-state index contributed by atoms with van der Waals surface area (Å²) in [5, 5.41) is 11.6. The molecule has 0 amide bonds. The lowest BCUT2D eigenvalue weighted by atomic mass is 10.1. The third kappa shape index (κ3) is 4.51. The van der Waals surface area contributed by atoms with Gasteiger partial charge in [0.2, 0.25) is 5.95 Å². The Morgan fingerprint density at radius 1 is 1.12 bits per heavy atom. The largest absolute Gasteiger partial charge is 0.489 e. The first-order valence-corrected chi connectivity index (χ1v) is 7.71. The quantitative estimate of drug-likeness (QED) is 0.533. The minimum absolute atomic E-state index is 0.185. The topological polar surface area (TPSA) is 92.3 Å². The molecule has 7 heteroatoms. The number of anilines is 1. The Bertz CT molecular complexity index is 922. The summed E-state index contributed by atoms with van der Waals surface area (Å²) in [5.41, 5.74) is 4.55. The molecular formula is C18H17N5O2. The van der Waals surface area contributed by atoms with E-state index in [4.69, 9.17) is 4.74 Å². The first-order chi connectivity index (χ1) is 12.2. The molecule has 0 aliphatic heterocycles. The molecule has 0 saturated heterocycles. The maximum absolute atomic E-state index is 11.5. The van der Waals surface area contributed by atoms with Gasteiger partial charge in [0.05, 0.1) is 6.21 Å². The van der Waals surface area contributed by atoms with Gasteiger partial charge in [-0.2, -0.15) is 5.10 Å². The monoisotopic (exact) mass is 335 g/mol. The predicted octanol–water partition coefficient (Wildman–Crippen LogP) is 2.50. The zero-order valence-corrected chi connectivity index (χ0v) is 13.6. The van der Waals surface area contributed by atoms with E-state index in [-0.39, 0.29) is 11.5 Å². The number of hydrazone groups is 1. The average molecular weight is 335 g/mol. The van der Waals surface area contributed by atoms with Crippen LogP contribution < -0.4 is 15.7 Å². The Morgan fingerprint density at radius 2 is 1.88 bits per heavy atom. The molecule has 3 aromatic rings. The number of ether oxygens (including phenoxy) is 1. The highest BCUT2D eigenvalue weighted by Gasteiger charge is 2.02. The summed E-state index contributed by atoms with van der Waals surface area (Å²) < 4.78 is 5.77. The molecule has 0 radical (unpaired) electrons. The molecule has 1 heterocycles. The smallest absolute Gasteiger partial charge is 0.274 e. The minimum Gasteiger partial charge on any atom is -0.489 e. The first-order valence-electron chi connectivity index (χ1n) is 7.71. The normalized spacial score (nSPS) is 10.8. The van der Waals surface area contributed by atoms with Crippen LogP contribution in [0.5, 0.6) is 5.75 Å². The fraction of sp³-hybridized carbons (Fsp3) is 0.111. The zero-order chi connectivity index (χ0) is 17.5. The van der Waals surface area contributed by atoms with Gasteiger partial charge in [-0.05, 0) is 24.6 Å². The summed E-state index contributed by atoms with van der Waals surface area (Å²) in [7, 11) is 0. The van der Waals surface area contributed by atoms with Crippen LogP contribution in [0.4, 0.5) is 5.95 Å². The maximum atomic E-state index is 11.5. The van der Waals surface area contributed by atoms with Crippen LogP contribution in [-0.2, 0) is 6.61 Å². The summed E-state index contributed by atoms with van der Waals surface area (Å²) in [6, 6.07) is 17.4. The lowest BCUT2D eigenvalue weighted by molar-refractivity contribution is 0.306. The highest BCUT2D eigenvalue weighted by atomic mass is 16.5. The van der Waals surface area contributed by atoms with Crippen molar-refractivity contribution in [2.24, 2.45) is 5.10 Å². The van der Waals surface area contributed by atoms with E-state index >= 15 is 0 Å². The van der Waals surface area contributed by atoms with Gasteiger partial charge in [-0.25, -0.2) is 5.43 Å². The second-order valence-corrected chi connectivity index (χ2v) is 5.26. The van der Waals surface area contributed by atoms with E-state index in [2.05, 4.69) is 25.7 Å². The number of para-hydroxylation sites is 1. The predicted molar refractivity (Wildman–Crippen MR) is 95.8 cm³/mol. The van der Waals surface area contributed by atoms with E-state index in [1.807, 2.05) is 54.6 Å². The van der Waals surface area contributed by atoms with Gasteiger partial charge in [-0.1, -0.05) is 42.5 Å². The van der Waals surface area contributed by atoms with Crippen molar-refractivity contribution in [3.63, 3.8) is 0 Å². The number of nitrogens with zero attached hydrogens (tertiary/aromatic N) is 3. The summed E-state index contributed by atoms with van der Waals surface area (Å²) in [4.78, 5) is 14.0. The molecule has 0 atom stereocenters. The van der Waals surface area contributed by atoms with Crippen LogP contribution in [0.15, 0.2) is 64.5 Å². The fourth-order valence-electron chi connectivity index (χ4n) is 2.08. The Labute approximate surface area is 144 Å². The van der Waals surface area contributed by atoms with E-state index in [0.29, 0.717) is 12.3 Å². The number of benzene rings is 2. The highest BCUT2D eigenvalue weighted by molar-refractivity contribution is 5.82. The zero-order valence-electron chi connectivity index (χ0n) is 13.6. The van der Waals surface area contributed by atoms with Crippen LogP contribution in [-0.4, -0.2) is 21.4 Å². The summed E-state index contributed by atoms with van der Waals surface area (Å²) in [5.74, 6) is 0.990. The second-order valence-electron chi connectivity index (χ2n) is 5.26. The maximum Gasteiger partial charge on any atom is 0.274 e. The first kappa shape index (κ1) is 16.4. The molecule has 7 nitrogen and oxygen atoms in total. The van der Waals surface area contributed by atoms with Gasteiger partial charge in [-0.3, -0.25) is 9.78 Å². The molecule has 3 rings (SSSR count). The Kier molecular flexibility index (Phi) is 5.16. The van der Waals surface area contributed by atoms with E-state index in [1.165, 1.54) is 0 Å². The van der Waals surface area contributed by atoms with Crippen molar-refractivity contribution in [3.05, 3.63) is 81.8 Å². The molecule has 0 bridgehead atoms. The molecule has 0 fully saturated rings. The number of aromatic nitrogens is 3. The van der Waals surface area contributed by atoms with Crippen LogP contribution in [0.25, 0.3) is 0 Å². The lowest BCUT2D eigenvalue weighted by Gasteiger charge is -2.08. The summed E-state index contributed by atoms with van der Waals surface area (Å²) in [6.45, 7) is 2.01. The van der Waals surface area contributed by atoms with E-state index in [0.717, 1.165) is 16.9 Å². The molecule has 25 heavy (non-hydrogen) atoms. The van der Waals surface area contributed by atoms with Crippen molar-refractivity contribution < 1.29 is 4.74 Å². The van der Waals surface area contributed by atoms with Crippen molar-refractivity contribution in [3.8, 4) is 5.75 Å². The number of aromatic amines is 1. The van der Waals surface area contributed by atoms with Gasteiger partial charge < -0.3 is 4.74 Å². The molecule has 0 aliphatic rings. The molecule has 2 N–H and O–H groups in total. The van der Waals surface area contributed by atoms with E-state index in [9.17, 15) is 4.79 Å². The van der Waals surface area contributed by atoms with Gasteiger partial charge in [0.25, 0.3) is 5.56 Å². The van der Waals surface area contributed by atoms with E-state index < -0.39 is 0 Å². The number of aryl methyl sites for hydroxylation is 1. The van der Waals surface area contributed by atoms with Gasteiger partial charge >= 0.3 is 0 Å². The average Bonchev–Trinajstić information content (AvgIpc) is 2.65. The summed E-state index contributed by atoms with van der Waals surface area (Å²) in [6.07, 6.45) is 1.64. The molecular weight excluding hydrogens is 318 g/mol. The molecule has 0 aliphatic carbocycles. The minimum atomic E-state index is -0.302. The Hall–Kier alpha value is -3.48. The van der Waals surface area contributed by atoms with Crippen molar-refractivity contribution in [2.75, 3.05) is 5.43 Å². The SMILES string of the molecule is Cc1nnc(N/N=C/c2ccccc2COc2ccccc2)[nH]c1=O. The van der Waals surface area contributed by atoms with Gasteiger partial charge in [-0.15, -0.1) is 10.2 Å². The van der Waals surface area contributed by atoms with Crippen molar-refractivity contribution >= 4 is 12.2 Å².